The van der Waals surface area contributed by atoms with Gasteiger partial charge in [0.05, 0.1) is 0 Å². The summed E-state index contributed by atoms with van der Waals surface area (Å²) in [5.41, 5.74) is 6.11. The summed E-state index contributed by atoms with van der Waals surface area (Å²) < 4.78 is 0. The third kappa shape index (κ3) is 5.05. The third-order valence-electron chi connectivity index (χ3n) is 5.05. The first-order valence-electron chi connectivity index (χ1n) is 9.38. The van der Waals surface area contributed by atoms with Gasteiger partial charge in [-0.05, 0) is 31.7 Å². The number of nitrogens with one attached hydrogen (secondary N) is 1. The molecule has 1 heterocycles. The second-order valence-electron chi connectivity index (χ2n) is 7.13. The lowest BCUT2D eigenvalue weighted by atomic mass is 9.89. The van der Waals surface area contributed by atoms with E-state index in [0.29, 0.717) is 25.9 Å². The van der Waals surface area contributed by atoms with Gasteiger partial charge in [-0.1, -0.05) is 50.1 Å². The zero-order chi connectivity index (χ0) is 18.3. The second-order valence-corrected chi connectivity index (χ2v) is 7.13. The third-order valence-corrected chi connectivity index (χ3v) is 5.05. The molecule has 1 aliphatic rings. The van der Waals surface area contributed by atoms with Crippen LogP contribution in [0.25, 0.3) is 0 Å². The number of hydrogen-bond acceptors (Lipinski definition) is 3. The molecule has 1 unspecified atom stereocenters. The van der Waals surface area contributed by atoms with Gasteiger partial charge in [0.1, 0.15) is 5.54 Å². The monoisotopic (exact) mass is 345 g/mol. The molecule has 5 nitrogen and oxygen atoms in total. The van der Waals surface area contributed by atoms with Crippen molar-refractivity contribution in [2.75, 3.05) is 19.6 Å². The molecular formula is C20H31N3O2. The molecule has 0 aliphatic carbocycles. The number of nitrogens with two attached hydrogens (primary N) is 1. The first-order chi connectivity index (χ1) is 12.0. The molecule has 0 spiro atoms. The van der Waals surface area contributed by atoms with Crippen molar-refractivity contribution in [1.82, 2.24) is 10.2 Å². The molecule has 1 aliphatic heterocycles. The highest BCUT2D eigenvalue weighted by Crippen LogP contribution is 2.24. The average molecular weight is 345 g/mol. The lowest BCUT2D eigenvalue weighted by Gasteiger charge is -2.36. The van der Waals surface area contributed by atoms with Gasteiger partial charge in [0.2, 0.25) is 11.8 Å². The van der Waals surface area contributed by atoms with Crippen LogP contribution in [0.15, 0.2) is 30.3 Å². The maximum absolute atomic E-state index is 12.8. The smallest absolute Gasteiger partial charge is 0.246 e. The summed E-state index contributed by atoms with van der Waals surface area (Å²) in [6.07, 6.45) is 4.73. The van der Waals surface area contributed by atoms with Gasteiger partial charge in [0.15, 0.2) is 0 Å². The minimum atomic E-state index is -1.03. The van der Waals surface area contributed by atoms with E-state index in [1.54, 1.807) is 11.8 Å². The topological polar surface area (TPSA) is 75.4 Å². The van der Waals surface area contributed by atoms with E-state index in [-0.39, 0.29) is 17.7 Å². The van der Waals surface area contributed by atoms with Crippen molar-refractivity contribution in [3.8, 4) is 0 Å². The number of carbonyl (C=O) groups excluding carboxylic acids is 2. The van der Waals surface area contributed by atoms with Crippen LogP contribution >= 0.6 is 0 Å². The Hall–Kier alpha value is -1.88. The lowest BCUT2D eigenvalue weighted by Crippen LogP contribution is -2.53. The highest BCUT2D eigenvalue weighted by molar-refractivity contribution is 5.87. The Bertz CT molecular complexity index is 564. The molecule has 1 fully saturated rings. The van der Waals surface area contributed by atoms with E-state index in [9.17, 15) is 9.59 Å². The number of nitrogens with zero attached hydrogens (tertiary/aromatic N) is 1. The van der Waals surface area contributed by atoms with Crippen LogP contribution in [-0.4, -0.2) is 36.3 Å². The summed E-state index contributed by atoms with van der Waals surface area (Å²) >= 11 is 0. The van der Waals surface area contributed by atoms with Crippen LogP contribution in [0.2, 0.25) is 0 Å². The van der Waals surface area contributed by atoms with Crippen molar-refractivity contribution in [2.45, 2.75) is 51.5 Å². The quantitative estimate of drug-likeness (QED) is 0.745. The Labute approximate surface area is 151 Å². The molecule has 1 atom stereocenters. The number of unbranched alkanes of at least 4 members (excludes halogenated alkanes) is 2. The summed E-state index contributed by atoms with van der Waals surface area (Å²) in [4.78, 5) is 26.9. The number of benzene rings is 1. The van der Waals surface area contributed by atoms with Crippen LogP contribution in [0.4, 0.5) is 0 Å². The van der Waals surface area contributed by atoms with Crippen molar-refractivity contribution in [3.05, 3.63) is 35.9 Å². The standard InChI is InChI=1S/C20H31N3O2/c1-3-4-8-13-22-18(24)16-11-14-23(15-12-16)19(25)20(2,21)17-9-6-5-7-10-17/h5-7,9-10,16H,3-4,8,11-15,21H2,1-2H3,(H,22,24). The molecule has 0 aromatic heterocycles. The number of rotatable bonds is 7. The molecule has 5 heteroatoms. The Balaban J connectivity index is 1.85. The number of piperidine rings is 1. The zero-order valence-electron chi connectivity index (χ0n) is 15.5. The zero-order valence-corrected chi connectivity index (χ0v) is 15.5. The van der Waals surface area contributed by atoms with Gasteiger partial charge in [-0.3, -0.25) is 9.59 Å². The van der Waals surface area contributed by atoms with E-state index >= 15 is 0 Å². The Kier molecular flexibility index (Phi) is 7.00. The SMILES string of the molecule is CCCCCNC(=O)C1CCN(C(=O)C(C)(N)c2ccccc2)CC1. The first kappa shape index (κ1) is 19.4. The largest absolute Gasteiger partial charge is 0.356 e. The summed E-state index contributed by atoms with van der Waals surface area (Å²) in [6, 6.07) is 9.46. The molecule has 0 saturated carbocycles. The summed E-state index contributed by atoms with van der Waals surface area (Å²) in [7, 11) is 0. The predicted molar refractivity (Wildman–Crippen MR) is 99.8 cm³/mol. The fraction of sp³-hybridized carbons (Fsp3) is 0.600. The molecule has 1 aromatic carbocycles. The van der Waals surface area contributed by atoms with Gasteiger partial charge in [-0.25, -0.2) is 0 Å². The Morgan fingerprint density at radius 3 is 2.44 bits per heavy atom. The van der Waals surface area contributed by atoms with Crippen LogP contribution in [-0.2, 0) is 15.1 Å². The van der Waals surface area contributed by atoms with E-state index in [2.05, 4.69) is 12.2 Å². The number of carbonyl (C=O) groups is 2. The van der Waals surface area contributed by atoms with Gasteiger partial charge >= 0.3 is 0 Å². The normalized spacial score (nSPS) is 17.8. The molecular weight excluding hydrogens is 314 g/mol. The van der Waals surface area contributed by atoms with E-state index in [0.717, 1.165) is 31.4 Å². The number of likely N-dealkylation sites (tertiary alicyclic amines) is 1. The number of amides is 2. The summed E-state index contributed by atoms with van der Waals surface area (Å²) in [5, 5.41) is 3.02. The van der Waals surface area contributed by atoms with Crippen LogP contribution in [0.3, 0.4) is 0 Å². The molecule has 138 valence electrons. The van der Waals surface area contributed by atoms with Crippen LogP contribution < -0.4 is 11.1 Å². The fourth-order valence-electron chi connectivity index (χ4n) is 3.31. The Morgan fingerprint density at radius 2 is 1.84 bits per heavy atom. The van der Waals surface area contributed by atoms with Crippen LogP contribution in [0, 0.1) is 5.92 Å². The first-order valence-corrected chi connectivity index (χ1v) is 9.38. The Morgan fingerprint density at radius 1 is 1.20 bits per heavy atom. The number of hydrogen-bond donors (Lipinski definition) is 2. The molecule has 25 heavy (non-hydrogen) atoms. The van der Waals surface area contributed by atoms with E-state index in [4.69, 9.17) is 5.73 Å². The van der Waals surface area contributed by atoms with Crippen molar-refractivity contribution in [1.29, 1.82) is 0 Å². The lowest BCUT2D eigenvalue weighted by molar-refractivity contribution is -0.140. The van der Waals surface area contributed by atoms with E-state index < -0.39 is 5.54 Å². The van der Waals surface area contributed by atoms with E-state index in [1.165, 1.54) is 0 Å². The minimum absolute atomic E-state index is 0.00596. The van der Waals surface area contributed by atoms with Crippen molar-refractivity contribution in [2.24, 2.45) is 11.7 Å². The van der Waals surface area contributed by atoms with Gasteiger partial charge in [-0.15, -0.1) is 0 Å². The van der Waals surface area contributed by atoms with Gasteiger partial charge < -0.3 is 16.0 Å². The molecule has 1 aromatic rings. The van der Waals surface area contributed by atoms with Gasteiger partial charge in [-0.2, -0.15) is 0 Å². The van der Waals surface area contributed by atoms with Crippen molar-refractivity contribution >= 4 is 11.8 Å². The maximum Gasteiger partial charge on any atom is 0.246 e. The molecule has 2 amide bonds. The minimum Gasteiger partial charge on any atom is -0.356 e. The molecule has 0 radical (unpaired) electrons. The molecule has 2 rings (SSSR count). The van der Waals surface area contributed by atoms with Gasteiger partial charge in [0, 0.05) is 25.6 Å². The average Bonchev–Trinajstić information content (AvgIpc) is 2.65. The van der Waals surface area contributed by atoms with Crippen LogP contribution in [0.1, 0.15) is 51.5 Å². The van der Waals surface area contributed by atoms with Crippen LogP contribution in [0.5, 0.6) is 0 Å². The van der Waals surface area contributed by atoms with Crippen molar-refractivity contribution in [3.63, 3.8) is 0 Å². The summed E-state index contributed by atoms with van der Waals surface area (Å²) in [5.74, 6) is 0.0636. The molecule has 0 bridgehead atoms. The summed E-state index contributed by atoms with van der Waals surface area (Å²) in [6.45, 7) is 5.84. The molecule has 3 N–H and O–H groups in total. The highest BCUT2D eigenvalue weighted by atomic mass is 16.2. The molecule has 1 saturated heterocycles. The predicted octanol–water partition coefficient (Wildman–Crippen LogP) is 2.41. The fourth-order valence-corrected chi connectivity index (χ4v) is 3.31. The van der Waals surface area contributed by atoms with Crippen molar-refractivity contribution < 1.29 is 9.59 Å². The highest BCUT2D eigenvalue weighted by Gasteiger charge is 2.36. The second kappa shape index (κ2) is 8.99. The van der Waals surface area contributed by atoms with Gasteiger partial charge in [0.25, 0.3) is 0 Å². The maximum atomic E-state index is 12.8. The van der Waals surface area contributed by atoms with E-state index in [1.807, 2.05) is 30.3 Å².